The molecule has 16 heavy (non-hydrogen) atoms. The summed E-state index contributed by atoms with van der Waals surface area (Å²) in [4.78, 5) is 12.9. The minimum Gasteiger partial charge on any atom is -0.438 e. The van der Waals surface area contributed by atoms with Crippen molar-refractivity contribution in [2.24, 2.45) is 0 Å². The van der Waals surface area contributed by atoms with Gasteiger partial charge >= 0.3 is 6.09 Å². The van der Waals surface area contributed by atoms with Crippen LogP contribution in [0.5, 0.6) is 0 Å². The molecule has 86 valence electrons. The molecule has 0 aromatic heterocycles. The Morgan fingerprint density at radius 3 is 2.62 bits per heavy atom. The highest BCUT2D eigenvalue weighted by Gasteiger charge is 2.41. The lowest BCUT2D eigenvalue weighted by Crippen LogP contribution is -2.34. The molecular formula is C11H12FNO3. The predicted molar refractivity (Wildman–Crippen MR) is 55.7 cm³/mol. The van der Waals surface area contributed by atoms with Crippen molar-refractivity contribution in [3.05, 3.63) is 30.1 Å². The quantitative estimate of drug-likeness (QED) is 0.830. The van der Waals surface area contributed by atoms with E-state index in [-0.39, 0.29) is 19.0 Å². The van der Waals surface area contributed by atoms with Gasteiger partial charge in [-0.2, -0.15) is 0 Å². The van der Waals surface area contributed by atoms with E-state index in [4.69, 9.17) is 9.84 Å². The number of hydrogen-bond acceptors (Lipinski definition) is 3. The molecule has 1 aromatic carbocycles. The monoisotopic (exact) mass is 225 g/mol. The van der Waals surface area contributed by atoms with Crippen molar-refractivity contribution in [1.29, 1.82) is 0 Å². The summed E-state index contributed by atoms with van der Waals surface area (Å²) in [5.74, 6) is -0.360. The van der Waals surface area contributed by atoms with Crippen LogP contribution < -0.4 is 4.90 Å². The fraction of sp³-hybridized carbons (Fsp3) is 0.364. The van der Waals surface area contributed by atoms with E-state index >= 15 is 0 Å². The van der Waals surface area contributed by atoms with Crippen molar-refractivity contribution >= 4 is 11.8 Å². The number of cyclic esters (lactones) is 1. The smallest absolute Gasteiger partial charge is 0.415 e. The predicted octanol–water partition coefficient (Wildman–Crippen LogP) is 1.53. The number of amides is 1. The first kappa shape index (κ1) is 10.9. The van der Waals surface area contributed by atoms with Gasteiger partial charge in [-0.1, -0.05) is 0 Å². The topological polar surface area (TPSA) is 49.8 Å². The molecule has 1 atom stereocenters. The van der Waals surface area contributed by atoms with Gasteiger partial charge in [0.2, 0.25) is 0 Å². The zero-order valence-corrected chi connectivity index (χ0v) is 8.81. The van der Waals surface area contributed by atoms with Gasteiger partial charge in [0.1, 0.15) is 5.82 Å². The number of aliphatic hydroxyl groups is 1. The summed E-state index contributed by atoms with van der Waals surface area (Å²) in [6, 6.07) is 5.55. The molecule has 0 spiro atoms. The van der Waals surface area contributed by atoms with Gasteiger partial charge in [0.15, 0.2) is 5.60 Å². The Labute approximate surface area is 92.2 Å². The van der Waals surface area contributed by atoms with E-state index in [0.29, 0.717) is 5.69 Å². The van der Waals surface area contributed by atoms with Crippen LogP contribution in [0.15, 0.2) is 24.3 Å². The Kier molecular flexibility index (Phi) is 2.55. The third-order valence-electron chi connectivity index (χ3n) is 2.52. The fourth-order valence-electron chi connectivity index (χ4n) is 1.60. The molecule has 0 saturated carbocycles. The summed E-state index contributed by atoms with van der Waals surface area (Å²) >= 11 is 0. The van der Waals surface area contributed by atoms with Gasteiger partial charge in [-0.15, -0.1) is 0 Å². The van der Waals surface area contributed by atoms with Crippen molar-refractivity contribution in [1.82, 2.24) is 0 Å². The van der Waals surface area contributed by atoms with Crippen LogP contribution in [0.3, 0.4) is 0 Å². The van der Waals surface area contributed by atoms with Gasteiger partial charge in [-0.05, 0) is 31.2 Å². The molecule has 1 aliphatic heterocycles. The number of carbonyl (C=O) groups excluding carboxylic acids is 1. The molecule has 0 radical (unpaired) electrons. The van der Waals surface area contributed by atoms with Gasteiger partial charge in [0, 0.05) is 5.69 Å². The van der Waals surface area contributed by atoms with Crippen LogP contribution >= 0.6 is 0 Å². The Bertz CT molecular complexity index is 406. The minimum absolute atomic E-state index is 0.240. The molecule has 1 aromatic rings. The third kappa shape index (κ3) is 1.86. The Balaban J connectivity index is 2.23. The summed E-state index contributed by atoms with van der Waals surface area (Å²) < 4.78 is 17.8. The molecule has 1 aliphatic rings. The molecule has 2 rings (SSSR count). The summed E-state index contributed by atoms with van der Waals surface area (Å²) in [6.45, 7) is 1.67. The first-order valence-electron chi connectivity index (χ1n) is 4.91. The maximum Gasteiger partial charge on any atom is 0.415 e. The number of ether oxygens (including phenoxy) is 1. The zero-order chi connectivity index (χ0) is 11.8. The number of nitrogens with zero attached hydrogens (tertiary/aromatic N) is 1. The van der Waals surface area contributed by atoms with E-state index in [9.17, 15) is 9.18 Å². The van der Waals surface area contributed by atoms with Crippen LogP contribution in [-0.2, 0) is 4.74 Å². The van der Waals surface area contributed by atoms with Crippen molar-refractivity contribution in [3.63, 3.8) is 0 Å². The molecule has 0 bridgehead atoms. The van der Waals surface area contributed by atoms with Crippen molar-refractivity contribution in [3.8, 4) is 0 Å². The summed E-state index contributed by atoms with van der Waals surface area (Å²) in [5, 5.41) is 9.09. The number of hydrogen-bond donors (Lipinski definition) is 1. The lowest BCUT2D eigenvalue weighted by Gasteiger charge is -2.18. The standard InChI is InChI=1S/C11H12FNO3/c1-11(7-14)6-13(10(15)16-11)9-4-2-8(12)3-5-9/h2-5,14H,6-7H2,1H3. The Hall–Kier alpha value is -1.62. The normalized spacial score (nSPS) is 24.7. The highest BCUT2D eigenvalue weighted by molar-refractivity contribution is 5.90. The number of benzene rings is 1. The Morgan fingerprint density at radius 2 is 2.12 bits per heavy atom. The fourth-order valence-corrected chi connectivity index (χ4v) is 1.60. The largest absolute Gasteiger partial charge is 0.438 e. The molecule has 4 nitrogen and oxygen atoms in total. The molecule has 1 N–H and O–H groups in total. The second kappa shape index (κ2) is 3.75. The van der Waals surface area contributed by atoms with Crippen LogP contribution in [-0.4, -0.2) is 30.0 Å². The van der Waals surface area contributed by atoms with Crippen molar-refractivity contribution < 1.29 is 19.0 Å². The highest BCUT2D eigenvalue weighted by Crippen LogP contribution is 2.27. The third-order valence-corrected chi connectivity index (χ3v) is 2.52. The van der Waals surface area contributed by atoms with E-state index in [2.05, 4.69) is 0 Å². The Morgan fingerprint density at radius 1 is 1.50 bits per heavy atom. The zero-order valence-electron chi connectivity index (χ0n) is 8.81. The van der Waals surface area contributed by atoms with Gasteiger partial charge in [0.05, 0.1) is 13.2 Å². The second-order valence-corrected chi connectivity index (χ2v) is 4.04. The van der Waals surface area contributed by atoms with Crippen LogP contribution in [0.4, 0.5) is 14.9 Å². The molecule has 1 saturated heterocycles. The number of rotatable bonds is 2. The van der Waals surface area contributed by atoms with Crippen molar-refractivity contribution in [2.75, 3.05) is 18.1 Å². The summed E-state index contributed by atoms with van der Waals surface area (Å²) in [5.41, 5.74) is -0.325. The van der Waals surface area contributed by atoms with E-state index in [1.165, 1.54) is 29.2 Å². The highest BCUT2D eigenvalue weighted by atomic mass is 19.1. The molecule has 1 unspecified atom stereocenters. The van der Waals surface area contributed by atoms with Crippen molar-refractivity contribution in [2.45, 2.75) is 12.5 Å². The lowest BCUT2D eigenvalue weighted by molar-refractivity contribution is 0.0219. The lowest BCUT2D eigenvalue weighted by atomic mass is 10.1. The number of carbonyl (C=O) groups is 1. The van der Waals surface area contributed by atoms with E-state index in [0.717, 1.165) is 0 Å². The van der Waals surface area contributed by atoms with E-state index < -0.39 is 11.7 Å². The van der Waals surface area contributed by atoms with Gasteiger partial charge in [-0.25, -0.2) is 9.18 Å². The van der Waals surface area contributed by atoms with E-state index in [1.54, 1.807) is 6.92 Å². The SMILES string of the molecule is CC1(CO)CN(c2ccc(F)cc2)C(=O)O1. The molecule has 1 amide bonds. The van der Waals surface area contributed by atoms with Gasteiger partial charge in [-0.3, -0.25) is 4.90 Å². The number of halogens is 1. The van der Waals surface area contributed by atoms with Gasteiger partial charge < -0.3 is 9.84 Å². The van der Waals surface area contributed by atoms with Crippen LogP contribution in [0.25, 0.3) is 0 Å². The average molecular weight is 225 g/mol. The average Bonchev–Trinajstić information content (AvgIpc) is 2.57. The molecular weight excluding hydrogens is 213 g/mol. The first-order chi connectivity index (χ1) is 7.54. The molecule has 5 heteroatoms. The summed E-state index contributed by atoms with van der Waals surface area (Å²) in [6.07, 6.45) is -0.525. The second-order valence-electron chi connectivity index (χ2n) is 4.04. The minimum atomic E-state index is -0.883. The first-order valence-corrected chi connectivity index (χ1v) is 4.91. The van der Waals surface area contributed by atoms with Crippen LogP contribution in [0, 0.1) is 5.82 Å². The van der Waals surface area contributed by atoms with E-state index in [1.807, 2.05) is 0 Å². The maximum absolute atomic E-state index is 12.7. The van der Waals surface area contributed by atoms with Crippen LogP contribution in [0.1, 0.15) is 6.92 Å². The number of aliphatic hydroxyl groups excluding tert-OH is 1. The number of anilines is 1. The van der Waals surface area contributed by atoms with Gasteiger partial charge in [0.25, 0.3) is 0 Å². The van der Waals surface area contributed by atoms with Crippen LogP contribution in [0.2, 0.25) is 0 Å². The molecule has 1 heterocycles. The molecule has 0 aliphatic carbocycles. The summed E-state index contributed by atoms with van der Waals surface area (Å²) in [7, 11) is 0. The maximum atomic E-state index is 12.7. The molecule has 1 fully saturated rings.